The molecule has 6 nitrogen and oxygen atoms in total. The molecule has 106 valence electrons. The zero-order chi connectivity index (χ0) is 14.5. The van der Waals surface area contributed by atoms with Crippen molar-refractivity contribution in [3.63, 3.8) is 0 Å². The third-order valence-corrected chi connectivity index (χ3v) is 4.08. The lowest BCUT2D eigenvalue weighted by molar-refractivity contribution is -0.116. The van der Waals surface area contributed by atoms with E-state index in [1.54, 1.807) is 12.1 Å². The van der Waals surface area contributed by atoms with Gasteiger partial charge in [0.25, 0.3) is 0 Å². The minimum atomic E-state index is -3.51. The maximum Gasteiger partial charge on any atom is 0.240 e. The predicted molar refractivity (Wildman–Crippen MR) is 74.2 cm³/mol. The molecule has 0 aromatic heterocycles. The van der Waals surface area contributed by atoms with E-state index in [0.29, 0.717) is 12.1 Å². The topological polar surface area (TPSA) is 101 Å². The van der Waals surface area contributed by atoms with Gasteiger partial charge < -0.3 is 11.1 Å². The average Bonchev–Trinajstić information content (AvgIpc) is 2.38. The third-order valence-electron chi connectivity index (χ3n) is 2.67. The standard InChI is InChI=1S/C12H19N3O3S/c1-3-9(13)7-12(16)15-10-5-4-6-11(8-10)19(17,18)14-2/h4-6,8-9,14H,3,7,13H2,1-2H3,(H,15,16). The van der Waals surface area contributed by atoms with E-state index in [2.05, 4.69) is 10.0 Å². The Morgan fingerprint density at radius 2 is 2.11 bits per heavy atom. The molecule has 1 aromatic rings. The summed E-state index contributed by atoms with van der Waals surface area (Å²) in [5, 5.41) is 2.63. The fourth-order valence-corrected chi connectivity index (χ4v) is 2.23. The number of carbonyl (C=O) groups excluding carboxylic acids is 1. The van der Waals surface area contributed by atoms with Gasteiger partial charge in [0, 0.05) is 18.2 Å². The van der Waals surface area contributed by atoms with Crippen molar-refractivity contribution in [1.82, 2.24) is 4.72 Å². The van der Waals surface area contributed by atoms with Crippen LogP contribution in [0.25, 0.3) is 0 Å². The number of nitrogens with one attached hydrogen (secondary N) is 2. The fourth-order valence-electron chi connectivity index (χ4n) is 1.45. The van der Waals surface area contributed by atoms with Gasteiger partial charge >= 0.3 is 0 Å². The second kappa shape index (κ2) is 6.65. The molecule has 0 spiro atoms. The Labute approximate surface area is 113 Å². The number of sulfonamides is 1. The summed E-state index contributed by atoms with van der Waals surface area (Å²) in [4.78, 5) is 11.8. The van der Waals surface area contributed by atoms with Crippen LogP contribution in [0.15, 0.2) is 29.2 Å². The van der Waals surface area contributed by atoms with Gasteiger partial charge in [0.2, 0.25) is 15.9 Å². The van der Waals surface area contributed by atoms with Crippen LogP contribution in [0.4, 0.5) is 5.69 Å². The lowest BCUT2D eigenvalue weighted by Gasteiger charge is -2.10. The molecular weight excluding hydrogens is 266 g/mol. The van der Waals surface area contributed by atoms with Crippen LogP contribution < -0.4 is 15.8 Å². The molecule has 0 aliphatic carbocycles. The van der Waals surface area contributed by atoms with Crippen molar-refractivity contribution in [2.75, 3.05) is 12.4 Å². The third kappa shape index (κ3) is 4.62. The average molecular weight is 285 g/mol. The second-order valence-corrected chi connectivity index (χ2v) is 6.04. The first-order valence-electron chi connectivity index (χ1n) is 5.98. The highest BCUT2D eigenvalue weighted by atomic mass is 32.2. The lowest BCUT2D eigenvalue weighted by Crippen LogP contribution is -2.26. The number of carbonyl (C=O) groups is 1. The zero-order valence-corrected chi connectivity index (χ0v) is 11.8. The van der Waals surface area contributed by atoms with Gasteiger partial charge in [-0.3, -0.25) is 4.79 Å². The number of benzene rings is 1. The van der Waals surface area contributed by atoms with Crippen LogP contribution in [0, 0.1) is 0 Å². The van der Waals surface area contributed by atoms with E-state index in [9.17, 15) is 13.2 Å². The summed E-state index contributed by atoms with van der Waals surface area (Å²) in [5.41, 5.74) is 6.12. The highest BCUT2D eigenvalue weighted by Crippen LogP contribution is 2.15. The van der Waals surface area contributed by atoms with E-state index in [1.165, 1.54) is 19.2 Å². The van der Waals surface area contributed by atoms with Crippen LogP contribution in [0.2, 0.25) is 0 Å². The number of amides is 1. The van der Waals surface area contributed by atoms with Gasteiger partial charge in [-0.25, -0.2) is 13.1 Å². The van der Waals surface area contributed by atoms with Gasteiger partial charge in [0.15, 0.2) is 0 Å². The van der Waals surface area contributed by atoms with Gasteiger partial charge in [-0.15, -0.1) is 0 Å². The zero-order valence-electron chi connectivity index (χ0n) is 11.0. The Morgan fingerprint density at radius 1 is 1.42 bits per heavy atom. The molecule has 1 unspecified atom stereocenters. The first-order chi connectivity index (χ1) is 8.89. The van der Waals surface area contributed by atoms with Crippen molar-refractivity contribution in [1.29, 1.82) is 0 Å². The van der Waals surface area contributed by atoms with Gasteiger partial charge in [-0.05, 0) is 31.7 Å². The SMILES string of the molecule is CCC(N)CC(=O)Nc1cccc(S(=O)(=O)NC)c1. The molecule has 0 heterocycles. The Hall–Kier alpha value is -1.44. The van der Waals surface area contributed by atoms with E-state index in [-0.39, 0.29) is 23.3 Å². The van der Waals surface area contributed by atoms with Crippen molar-refractivity contribution < 1.29 is 13.2 Å². The van der Waals surface area contributed by atoms with Gasteiger partial charge in [0.1, 0.15) is 0 Å². The largest absolute Gasteiger partial charge is 0.327 e. The van der Waals surface area contributed by atoms with E-state index in [0.717, 1.165) is 0 Å². The first-order valence-corrected chi connectivity index (χ1v) is 7.46. The number of hydrogen-bond acceptors (Lipinski definition) is 4. The minimum absolute atomic E-state index is 0.104. The monoisotopic (exact) mass is 285 g/mol. The van der Waals surface area contributed by atoms with Crippen molar-refractivity contribution in [3.05, 3.63) is 24.3 Å². The summed E-state index contributed by atoms with van der Waals surface area (Å²) < 4.78 is 25.5. The molecule has 0 fully saturated rings. The summed E-state index contributed by atoms with van der Waals surface area (Å²) in [5.74, 6) is -0.228. The van der Waals surface area contributed by atoms with Gasteiger partial charge in [0.05, 0.1) is 4.90 Å². The Kier molecular flexibility index (Phi) is 5.46. The smallest absolute Gasteiger partial charge is 0.240 e. The van der Waals surface area contributed by atoms with E-state index < -0.39 is 10.0 Å². The van der Waals surface area contributed by atoms with Crippen molar-refractivity contribution in [2.24, 2.45) is 5.73 Å². The maximum absolute atomic E-state index is 11.7. The van der Waals surface area contributed by atoms with E-state index in [1.807, 2.05) is 6.92 Å². The molecule has 1 aromatic carbocycles. The summed E-state index contributed by atoms with van der Waals surface area (Å²) in [6.07, 6.45) is 0.918. The number of hydrogen-bond donors (Lipinski definition) is 3. The van der Waals surface area contributed by atoms with Crippen LogP contribution in [-0.4, -0.2) is 27.4 Å². The molecule has 1 rings (SSSR count). The molecular formula is C12H19N3O3S. The van der Waals surface area contributed by atoms with E-state index >= 15 is 0 Å². The minimum Gasteiger partial charge on any atom is -0.327 e. The molecule has 0 saturated carbocycles. The number of nitrogens with two attached hydrogens (primary N) is 1. The Morgan fingerprint density at radius 3 is 2.68 bits per heavy atom. The van der Waals surface area contributed by atoms with Crippen LogP contribution in [-0.2, 0) is 14.8 Å². The Balaban J connectivity index is 2.81. The highest BCUT2D eigenvalue weighted by Gasteiger charge is 2.13. The predicted octanol–water partition coefficient (Wildman–Crippen LogP) is 0.661. The number of anilines is 1. The normalized spacial score (nSPS) is 13.0. The van der Waals surface area contributed by atoms with Crippen LogP contribution in [0.5, 0.6) is 0 Å². The van der Waals surface area contributed by atoms with Crippen LogP contribution in [0.3, 0.4) is 0 Å². The molecule has 0 radical (unpaired) electrons. The molecule has 0 saturated heterocycles. The molecule has 0 aliphatic rings. The molecule has 1 atom stereocenters. The van der Waals surface area contributed by atoms with E-state index in [4.69, 9.17) is 5.73 Å². The van der Waals surface area contributed by atoms with Crippen molar-refractivity contribution in [2.45, 2.75) is 30.7 Å². The molecule has 19 heavy (non-hydrogen) atoms. The Bertz CT molecular complexity index is 543. The molecule has 0 bridgehead atoms. The fraction of sp³-hybridized carbons (Fsp3) is 0.417. The van der Waals surface area contributed by atoms with Crippen molar-refractivity contribution >= 4 is 21.6 Å². The number of rotatable bonds is 6. The van der Waals surface area contributed by atoms with Crippen LogP contribution in [0.1, 0.15) is 19.8 Å². The molecule has 1 amide bonds. The summed E-state index contributed by atoms with van der Waals surface area (Å²) in [6.45, 7) is 1.90. The summed E-state index contributed by atoms with van der Waals surface area (Å²) >= 11 is 0. The summed E-state index contributed by atoms with van der Waals surface area (Å²) in [7, 11) is -2.18. The lowest BCUT2D eigenvalue weighted by atomic mass is 10.1. The van der Waals surface area contributed by atoms with Crippen molar-refractivity contribution in [3.8, 4) is 0 Å². The maximum atomic E-state index is 11.7. The molecule has 0 aliphatic heterocycles. The molecule has 7 heteroatoms. The molecule has 4 N–H and O–H groups in total. The van der Waals surface area contributed by atoms with Gasteiger partial charge in [-0.1, -0.05) is 13.0 Å². The quantitative estimate of drug-likeness (QED) is 0.714. The summed E-state index contributed by atoms with van der Waals surface area (Å²) in [6, 6.07) is 5.87. The first kappa shape index (κ1) is 15.6. The highest BCUT2D eigenvalue weighted by molar-refractivity contribution is 7.89. The van der Waals surface area contributed by atoms with Crippen LogP contribution >= 0.6 is 0 Å². The second-order valence-electron chi connectivity index (χ2n) is 4.16. The van der Waals surface area contributed by atoms with Gasteiger partial charge in [-0.2, -0.15) is 0 Å².